The third kappa shape index (κ3) is 5.84. The molecule has 150 valence electrons. The number of hydrogen-bond acceptors (Lipinski definition) is 6. The number of aliphatic hydroxyl groups excluding tert-OH is 1. The van der Waals surface area contributed by atoms with Crippen molar-refractivity contribution in [3.8, 4) is 0 Å². The van der Waals surface area contributed by atoms with Gasteiger partial charge in [-0.1, -0.05) is 0 Å². The summed E-state index contributed by atoms with van der Waals surface area (Å²) in [5, 5.41) is 9.75. The van der Waals surface area contributed by atoms with Crippen LogP contribution in [0.3, 0.4) is 0 Å². The second-order valence-electron chi connectivity index (χ2n) is 8.27. The topological polar surface area (TPSA) is 79.3 Å². The molecule has 1 N–H and O–H groups in total. The van der Waals surface area contributed by atoms with Gasteiger partial charge >= 0.3 is 12.1 Å². The van der Waals surface area contributed by atoms with Gasteiger partial charge in [-0.05, 0) is 59.3 Å². The summed E-state index contributed by atoms with van der Waals surface area (Å²) in [5.74, 6) is -0.0254. The highest BCUT2D eigenvalue weighted by molar-refractivity contribution is 5.76. The van der Waals surface area contributed by atoms with E-state index in [-0.39, 0.29) is 30.1 Å². The van der Waals surface area contributed by atoms with E-state index < -0.39 is 5.60 Å². The van der Waals surface area contributed by atoms with E-state index in [2.05, 4.69) is 4.90 Å². The van der Waals surface area contributed by atoms with Crippen LogP contribution in [0.25, 0.3) is 0 Å². The summed E-state index contributed by atoms with van der Waals surface area (Å²) in [6, 6.07) is -0.289. The van der Waals surface area contributed by atoms with Crippen molar-refractivity contribution in [1.29, 1.82) is 0 Å². The van der Waals surface area contributed by atoms with Gasteiger partial charge in [0.25, 0.3) is 0 Å². The lowest BCUT2D eigenvalue weighted by Crippen LogP contribution is -2.53. The summed E-state index contributed by atoms with van der Waals surface area (Å²) >= 11 is 0. The number of piperidine rings is 2. The zero-order chi connectivity index (χ0) is 19.3. The van der Waals surface area contributed by atoms with Gasteiger partial charge in [-0.3, -0.25) is 9.69 Å². The number of rotatable bonds is 4. The predicted octanol–water partition coefficient (Wildman–Crippen LogP) is 2.02. The zero-order valence-corrected chi connectivity index (χ0v) is 16.6. The van der Waals surface area contributed by atoms with Crippen LogP contribution in [-0.4, -0.2) is 77.5 Å². The van der Waals surface area contributed by atoms with Crippen molar-refractivity contribution in [2.75, 3.05) is 32.8 Å². The van der Waals surface area contributed by atoms with E-state index in [0.29, 0.717) is 45.6 Å². The molecule has 0 aromatic carbocycles. The number of likely N-dealkylation sites (tertiary alicyclic amines) is 2. The number of nitrogens with zero attached hydrogens (tertiary/aromatic N) is 2. The van der Waals surface area contributed by atoms with Crippen LogP contribution in [0.1, 0.15) is 53.4 Å². The molecular formula is C19H34N2O5. The Balaban J connectivity index is 1.97. The lowest BCUT2D eigenvalue weighted by molar-refractivity contribution is -0.153. The van der Waals surface area contributed by atoms with Crippen molar-refractivity contribution in [2.45, 2.75) is 71.1 Å². The normalized spacial score (nSPS) is 22.1. The summed E-state index contributed by atoms with van der Waals surface area (Å²) < 4.78 is 10.8. The smallest absolute Gasteiger partial charge is 0.410 e. The molecule has 2 heterocycles. The first-order chi connectivity index (χ1) is 12.2. The van der Waals surface area contributed by atoms with E-state index in [4.69, 9.17) is 9.47 Å². The van der Waals surface area contributed by atoms with Gasteiger partial charge in [0.1, 0.15) is 11.6 Å². The van der Waals surface area contributed by atoms with Gasteiger partial charge < -0.3 is 19.5 Å². The molecule has 7 nitrogen and oxygen atoms in total. The summed E-state index contributed by atoms with van der Waals surface area (Å²) in [4.78, 5) is 28.7. The number of hydrogen-bond donors (Lipinski definition) is 1. The van der Waals surface area contributed by atoms with Gasteiger partial charge in [-0.15, -0.1) is 0 Å². The zero-order valence-electron chi connectivity index (χ0n) is 16.6. The standard InChI is InChI=1S/C19H34N2O5/c1-5-25-17(23)16(20-12-8-15(22)9-13-20)14-6-10-21(11-7-14)18(24)26-19(2,3)4/h14-16,22H,5-13H2,1-4H3. The van der Waals surface area contributed by atoms with Crippen LogP contribution in [0.5, 0.6) is 0 Å². The van der Waals surface area contributed by atoms with Crippen LogP contribution >= 0.6 is 0 Å². The van der Waals surface area contributed by atoms with Gasteiger partial charge in [0, 0.05) is 26.2 Å². The molecule has 0 aromatic heterocycles. The number of amides is 1. The molecule has 2 rings (SSSR count). The number of aliphatic hydroxyl groups is 1. The molecule has 0 bridgehead atoms. The highest BCUT2D eigenvalue weighted by Crippen LogP contribution is 2.28. The molecule has 1 unspecified atom stereocenters. The Bertz CT molecular complexity index is 475. The number of carbonyl (C=O) groups is 2. The Hall–Kier alpha value is -1.34. The first-order valence-electron chi connectivity index (χ1n) is 9.78. The lowest BCUT2D eigenvalue weighted by atomic mass is 9.87. The van der Waals surface area contributed by atoms with Crippen molar-refractivity contribution in [3.63, 3.8) is 0 Å². The molecule has 2 aliphatic heterocycles. The third-order valence-electron chi connectivity index (χ3n) is 5.06. The first-order valence-corrected chi connectivity index (χ1v) is 9.78. The van der Waals surface area contributed by atoms with E-state index >= 15 is 0 Å². The molecule has 0 saturated carbocycles. The van der Waals surface area contributed by atoms with Gasteiger partial charge in [0.05, 0.1) is 12.7 Å². The van der Waals surface area contributed by atoms with Gasteiger partial charge in [0.15, 0.2) is 0 Å². The maximum atomic E-state index is 12.6. The fourth-order valence-corrected chi connectivity index (χ4v) is 3.76. The fourth-order valence-electron chi connectivity index (χ4n) is 3.76. The Kier molecular flexibility index (Phi) is 7.29. The van der Waals surface area contributed by atoms with Gasteiger partial charge in [0.2, 0.25) is 0 Å². The minimum absolute atomic E-state index is 0.156. The predicted molar refractivity (Wildman–Crippen MR) is 97.8 cm³/mol. The molecule has 2 aliphatic rings. The Morgan fingerprint density at radius 3 is 2.15 bits per heavy atom. The Labute approximate surface area is 156 Å². The van der Waals surface area contributed by atoms with Gasteiger partial charge in [-0.25, -0.2) is 4.79 Å². The van der Waals surface area contributed by atoms with Crippen LogP contribution < -0.4 is 0 Å². The Morgan fingerprint density at radius 2 is 1.65 bits per heavy atom. The molecule has 0 aliphatic carbocycles. The summed E-state index contributed by atoms with van der Waals surface area (Å²) in [6.45, 7) is 10.4. The lowest BCUT2D eigenvalue weighted by Gasteiger charge is -2.41. The highest BCUT2D eigenvalue weighted by Gasteiger charge is 2.39. The number of ether oxygens (including phenoxy) is 2. The number of esters is 1. The SMILES string of the molecule is CCOC(=O)C(C1CCN(C(=O)OC(C)(C)C)CC1)N1CCC(O)CC1. The van der Waals surface area contributed by atoms with E-state index in [1.54, 1.807) is 4.90 Å². The monoisotopic (exact) mass is 370 g/mol. The molecule has 0 spiro atoms. The second-order valence-corrected chi connectivity index (χ2v) is 8.27. The third-order valence-corrected chi connectivity index (χ3v) is 5.06. The summed E-state index contributed by atoms with van der Waals surface area (Å²) in [6.07, 6.45) is 2.32. The van der Waals surface area contributed by atoms with Gasteiger partial charge in [-0.2, -0.15) is 0 Å². The fraction of sp³-hybridized carbons (Fsp3) is 0.895. The van der Waals surface area contributed by atoms with Crippen LogP contribution in [0.4, 0.5) is 4.79 Å². The average Bonchev–Trinajstić information content (AvgIpc) is 2.56. The van der Waals surface area contributed by atoms with Crippen molar-refractivity contribution in [2.24, 2.45) is 5.92 Å². The highest BCUT2D eigenvalue weighted by atomic mass is 16.6. The minimum Gasteiger partial charge on any atom is -0.465 e. The molecule has 0 radical (unpaired) electrons. The van der Waals surface area contributed by atoms with Crippen LogP contribution in [0, 0.1) is 5.92 Å². The molecule has 7 heteroatoms. The van der Waals surface area contributed by atoms with E-state index in [1.807, 2.05) is 27.7 Å². The summed E-state index contributed by atoms with van der Waals surface area (Å²) in [7, 11) is 0. The molecule has 2 fully saturated rings. The Morgan fingerprint density at radius 1 is 1.08 bits per heavy atom. The number of carbonyl (C=O) groups excluding carboxylic acids is 2. The molecular weight excluding hydrogens is 336 g/mol. The molecule has 2 saturated heterocycles. The van der Waals surface area contributed by atoms with Crippen molar-refractivity contribution in [1.82, 2.24) is 9.80 Å². The summed E-state index contributed by atoms with van der Waals surface area (Å²) in [5.41, 5.74) is -0.504. The molecule has 0 aromatic rings. The molecule has 26 heavy (non-hydrogen) atoms. The first kappa shape index (κ1) is 21.0. The quantitative estimate of drug-likeness (QED) is 0.763. The van der Waals surface area contributed by atoms with Crippen LogP contribution in [0.15, 0.2) is 0 Å². The molecule has 1 atom stereocenters. The van der Waals surface area contributed by atoms with Crippen molar-refractivity contribution in [3.05, 3.63) is 0 Å². The largest absolute Gasteiger partial charge is 0.465 e. The molecule has 1 amide bonds. The van der Waals surface area contributed by atoms with E-state index in [1.165, 1.54) is 0 Å². The maximum absolute atomic E-state index is 12.6. The van der Waals surface area contributed by atoms with Crippen LogP contribution in [-0.2, 0) is 14.3 Å². The van der Waals surface area contributed by atoms with Crippen LogP contribution in [0.2, 0.25) is 0 Å². The average molecular weight is 370 g/mol. The maximum Gasteiger partial charge on any atom is 0.410 e. The second kappa shape index (κ2) is 9.04. The van der Waals surface area contributed by atoms with Crippen molar-refractivity contribution >= 4 is 12.1 Å². The van der Waals surface area contributed by atoms with E-state index in [0.717, 1.165) is 12.8 Å². The van der Waals surface area contributed by atoms with E-state index in [9.17, 15) is 14.7 Å². The minimum atomic E-state index is -0.504. The van der Waals surface area contributed by atoms with Crippen molar-refractivity contribution < 1.29 is 24.2 Å².